The summed E-state index contributed by atoms with van der Waals surface area (Å²) in [6, 6.07) is 26.4. The van der Waals surface area contributed by atoms with E-state index < -0.39 is 0 Å². The fraction of sp³-hybridized carbons (Fsp3) is 0.185. The van der Waals surface area contributed by atoms with Crippen molar-refractivity contribution in [3.63, 3.8) is 0 Å². The highest BCUT2D eigenvalue weighted by Crippen LogP contribution is 2.34. The summed E-state index contributed by atoms with van der Waals surface area (Å²) in [5.74, 6) is -0.00915. The predicted molar refractivity (Wildman–Crippen MR) is 134 cm³/mol. The van der Waals surface area contributed by atoms with E-state index in [1.165, 1.54) is 11.8 Å². The first kappa shape index (κ1) is 21.9. The van der Waals surface area contributed by atoms with Crippen molar-refractivity contribution in [2.24, 2.45) is 0 Å². The maximum absolute atomic E-state index is 13.1. The third kappa shape index (κ3) is 4.94. The molecule has 4 rings (SSSR count). The highest BCUT2D eigenvalue weighted by atomic mass is 32.2. The summed E-state index contributed by atoms with van der Waals surface area (Å²) < 4.78 is 0. The number of rotatable bonds is 7. The Morgan fingerprint density at radius 1 is 0.969 bits per heavy atom. The second kappa shape index (κ2) is 9.88. The lowest BCUT2D eigenvalue weighted by molar-refractivity contribution is -0.115. The van der Waals surface area contributed by atoms with Crippen LogP contribution in [-0.4, -0.2) is 21.1 Å². The number of carbonyl (C=O) groups excluding carboxylic acids is 1. The van der Waals surface area contributed by atoms with Crippen molar-refractivity contribution in [3.8, 4) is 22.5 Å². The summed E-state index contributed by atoms with van der Waals surface area (Å²) in [5.41, 5.74) is 7.01. The summed E-state index contributed by atoms with van der Waals surface area (Å²) in [6.45, 7) is 6.06. The molecule has 0 aliphatic heterocycles. The van der Waals surface area contributed by atoms with Crippen LogP contribution in [0.15, 0.2) is 84.0 Å². The van der Waals surface area contributed by atoms with Gasteiger partial charge in [-0.15, -0.1) is 0 Å². The highest BCUT2D eigenvalue weighted by Gasteiger charge is 2.22. The van der Waals surface area contributed by atoms with Crippen LogP contribution < -0.4 is 5.32 Å². The van der Waals surface area contributed by atoms with Gasteiger partial charge in [0.1, 0.15) is 0 Å². The quantitative estimate of drug-likeness (QED) is 0.308. The lowest BCUT2D eigenvalue weighted by atomic mass is 10.1. The lowest BCUT2D eigenvalue weighted by Crippen LogP contribution is -2.25. The second-order valence-corrected chi connectivity index (χ2v) is 9.01. The first-order chi connectivity index (χ1) is 15.5. The van der Waals surface area contributed by atoms with Gasteiger partial charge in [0.2, 0.25) is 5.91 Å². The van der Waals surface area contributed by atoms with Gasteiger partial charge in [0, 0.05) is 16.8 Å². The molecule has 1 unspecified atom stereocenters. The summed E-state index contributed by atoms with van der Waals surface area (Å²) in [4.78, 5) is 21.4. The number of thioether (sulfide) groups is 1. The molecule has 4 nitrogen and oxygen atoms in total. The topological polar surface area (TPSA) is 57.8 Å². The van der Waals surface area contributed by atoms with E-state index in [4.69, 9.17) is 4.98 Å². The van der Waals surface area contributed by atoms with Crippen molar-refractivity contribution < 1.29 is 4.79 Å². The minimum Gasteiger partial charge on any atom is -0.332 e. The van der Waals surface area contributed by atoms with E-state index in [0.717, 1.165) is 44.5 Å². The Morgan fingerprint density at radius 2 is 1.62 bits per heavy atom. The Kier molecular flexibility index (Phi) is 6.76. The van der Waals surface area contributed by atoms with Crippen LogP contribution in [0.4, 0.5) is 5.69 Å². The number of aromatic amines is 1. The van der Waals surface area contributed by atoms with Crippen LogP contribution in [-0.2, 0) is 4.79 Å². The smallest absolute Gasteiger partial charge is 0.237 e. The Labute approximate surface area is 193 Å². The van der Waals surface area contributed by atoms with Crippen LogP contribution in [0.1, 0.15) is 24.5 Å². The zero-order valence-corrected chi connectivity index (χ0v) is 19.4. The van der Waals surface area contributed by atoms with Crippen molar-refractivity contribution in [2.75, 3.05) is 5.32 Å². The van der Waals surface area contributed by atoms with E-state index >= 15 is 0 Å². The molecule has 1 heterocycles. The molecule has 0 aliphatic carbocycles. The van der Waals surface area contributed by atoms with Gasteiger partial charge in [-0.25, -0.2) is 4.98 Å². The minimum atomic E-state index is -0.256. The van der Waals surface area contributed by atoms with E-state index in [0.29, 0.717) is 6.42 Å². The third-order valence-electron chi connectivity index (χ3n) is 5.36. The van der Waals surface area contributed by atoms with Crippen LogP contribution in [0.3, 0.4) is 0 Å². The first-order valence-corrected chi connectivity index (χ1v) is 11.7. The second-order valence-electron chi connectivity index (χ2n) is 7.82. The maximum Gasteiger partial charge on any atom is 0.237 e. The molecule has 0 saturated heterocycles. The molecule has 0 aliphatic rings. The number of nitrogens with zero attached hydrogens (tertiary/aromatic N) is 1. The molecule has 3 aromatic carbocycles. The van der Waals surface area contributed by atoms with Gasteiger partial charge in [-0.2, -0.15) is 0 Å². The predicted octanol–water partition coefficient (Wildman–Crippen LogP) is 6.87. The monoisotopic (exact) mass is 441 g/mol. The molecule has 0 bridgehead atoms. The van der Waals surface area contributed by atoms with E-state index in [9.17, 15) is 4.79 Å². The maximum atomic E-state index is 13.1. The number of benzene rings is 3. The number of hydrogen-bond acceptors (Lipinski definition) is 3. The standard InChI is InChI=1S/C27H27N3OS/c1-4-23(26(31)28-22-17-18(2)15-16-19(22)3)32-27-29-24(20-11-7-5-8-12-20)25(30-27)21-13-9-6-10-14-21/h5-17,23H,4H2,1-3H3,(H,28,31)(H,29,30). The van der Waals surface area contributed by atoms with Gasteiger partial charge in [0.25, 0.3) is 0 Å². The van der Waals surface area contributed by atoms with Crippen LogP contribution in [0.5, 0.6) is 0 Å². The third-order valence-corrected chi connectivity index (χ3v) is 6.61. The Morgan fingerprint density at radius 3 is 2.28 bits per heavy atom. The van der Waals surface area contributed by atoms with Crippen molar-refractivity contribution in [2.45, 2.75) is 37.6 Å². The summed E-state index contributed by atoms with van der Waals surface area (Å²) >= 11 is 1.47. The van der Waals surface area contributed by atoms with E-state index in [-0.39, 0.29) is 11.2 Å². The van der Waals surface area contributed by atoms with Crippen molar-refractivity contribution in [3.05, 3.63) is 90.0 Å². The molecule has 2 N–H and O–H groups in total. The number of carbonyl (C=O) groups is 1. The average Bonchev–Trinajstić information content (AvgIpc) is 3.25. The summed E-state index contributed by atoms with van der Waals surface area (Å²) in [5, 5.41) is 3.59. The molecule has 4 aromatic rings. The number of nitrogens with one attached hydrogen (secondary N) is 2. The van der Waals surface area contributed by atoms with Gasteiger partial charge in [-0.3, -0.25) is 4.79 Å². The number of H-pyrrole nitrogens is 1. The van der Waals surface area contributed by atoms with Crippen LogP contribution in [0, 0.1) is 13.8 Å². The van der Waals surface area contributed by atoms with Gasteiger partial charge in [-0.05, 0) is 37.5 Å². The van der Waals surface area contributed by atoms with Gasteiger partial charge in [0.05, 0.1) is 16.6 Å². The fourth-order valence-electron chi connectivity index (χ4n) is 3.57. The molecule has 1 atom stereocenters. The minimum absolute atomic E-state index is 0.00915. The normalized spacial score (nSPS) is 11.8. The molecular weight excluding hydrogens is 414 g/mol. The summed E-state index contributed by atoms with van der Waals surface area (Å²) in [6.07, 6.45) is 0.698. The molecule has 1 amide bonds. The number of imidazole rings is 1. The van der Waals surface area contributed by atoms with Crippen molar-refractivity contribution in [1.82, 2.24) is 9.97 Å². The fourth-order valence-corrected chi connectivity index (χ4v) is 4.47. The largest absolute Gasteiger partial charge is 0.332 e. The van der Waals surface area contributed by atoms with Crippen LogP contribution >= 0.6 is 11.8 Å². The zero-order chi connectivity index (χ0) is 22.5. The number of aromatic nitrogens is 2. The van der Waals surface area contributed by atoms with E-state index in [2.05, 4.69) is 40.6 Å². The molecule has 1 aromatic heterocycles. The number of hydrogen-bond donors (Lipinski definition) is 2. The van der Waals surface area contributed by atoms with Crippen LogP contribution in [0.25, 0.3) is 22.5 Å². The van der Waals surface area contributed by atoms with Gasteiger partial charge in [0.15, 0.2) is 5.16 Å². The number of anilines is 1. The summed E-state index contributed by atoms with van der Waals surface area (Å²) in [7, 11) is 0. The van der Waals surface area contributed by atoms with Gasteiger partial charge in [-0.1, -0.05) is 91.5 Å². The van der Waals surface area contributed by atoms with E-state index in [1.54, 1.807) is 0 Å². The Hall–Kier alpha value is -3.31. The van der Waals surface area contributed by atoms with E-state index in [1.807, 2.05) is 69.3 Å². The SMILES string of the molecule is CCC(Sc1nc(-c2ccccc2)c(-c2ccccc2)[nH]1)C(=O)Nc1cc(C)ccc1C. The van der Waals surface area contributed by atoms with Gasteiger partial charge >= 0.3 is 0 Å². The average molecular weight is 442 g/mol. The zero-order valence-electron chi connectivity index (χ0n) is 18.6. The molecule has 0 saturated carbocycles. The van der Waals surface area contributed by atoms with Crippen molar-refractivity contribution in [1.29, 1.82) is 0 Å². The molecule has 32 heavy (non-hydrogen) atoms. The molecule has 0 radical (unpaired) electrons. The Balaban J connectivity index is 1.62. The van der Waals surface area contributed by atoms with Crippen LogP contribution in [0.2, 0.25) is 0 Å². The number of aryl methyl sites for hydroxylation is 2. The molecular formula is C27H27N3OS. The lowest BCUT2D eigenvalue weighted by Gasteiger charge is -2.15. The van der Waals surface area contributed by atoms with Crippen molar-refractivity contribution >= 4 is 23.4 Å². The highest BCUT2D eigenvalue weighted by molar-refractivity contribution is 8.00. The van der Waals surface area contributed by atoms with Gasteiger partial charge < -0.3 is 10.3 Å². The first-order valence-electron chi connectivity index (χ1n) is 10.8. The molecule has 0 fully saturated rings. The molecule has 162 valence electrons. The number of amides is 1. The molecule has 5 heteroatoms. The Bertz CT molecular complexity index is 1150. The molecule has 0 spiro atoms.